The first-order valence-electron chi connectivity index (χ1n) is 2.41. The predicted octanol–water partition coefficient (Wildman–Crippen LogP) is 0.217. The van der Waals surface area contributed by atoms with Crippen molar-refractivity contribution in [2.75, 3.05) is 0 Å². The standard InChI is InChI=1S/C4H9.2H2O.Sn.3H/c1-3-4-2;;;;;;/h1,3-4H2,2H3;2*1H2;;;;/q;;;+2;;;/p-2. The summed E-state index contributed by atoms with van der Waals surface area (Å²) < 4.78 is 1.55. The second kappa shape index (κ2) is 15.9. The van der Waals surface area contributed by atoms with Crippen LogP contribution in [-0.4, -0.2) is 33.5 Å². The summed E-state index contributed by atoms with van der Waals surface area (Å²) in [6.45, 7) is 2.25. The summed E-state index contributed by atoms with van der Waals surface area (Å²) in [4.78, 5) is 0. The Hall–Kier alpha value is 0.719. The topological polar surface area (TPSA) is 60.0 Å². The fourth-order valence-electron chi connectivity index (χ4n) is 0.354. The minimum absolute atomic E-state index is 0. The molecule has 0 heterocycles. The second-order valence-corrected chi connectivity index (χ2v) is 4.21. The minimum Gasteiger partial charge on any atom is -0.870 e. The largest absolute Gasteiger partial charge is 0.870 e. The van der Waals surface area contributed by atoms with Gasteiger partial charge in [0.05, 0.1) is 0 Å². The molecule has 0 saturated heterocycles. The Labute approximate surface area is 58.0 Å². The third kappa shape index (κ3) is 20.2. The SMILES string of the molecule is CCC[CH2][SnH3+2].[OH-].[OH-]. The van der Waals surface area contributed by atoms with Crippen molar-refractivity contribution in [2.24, 2.45) is 0 Å². The summed E-state index contributed by atoms with van der Waals surface area (Å²) in [6, 6.07) is 0. The third-order valence-corrected chi connectivity index (χ3v) is 2.73. The van der Waals surface area contributed by atoms with Crippen molar-refractivity contribution in [1.29, 1.82) is 0 Å². The number of hydrogen-bond donors (Lipinski definition) is 0. The van der Waals surface area contributed by atoms with Crippen LogP contribution in [0.25, 0.3) is 0 Å². The molecule has 2 N–H and O–H groups in total. The van der Waals surface area contributed by atoms with Crippen molar-refractivity contribution < 1.29 is 11.0 Å². The zero-order valence-corrected chi connectivity index (χ0v) is 10.7. The Morgan fingerprint density at radius 1 is 1.29 bits per heavy atom. The van der Waals surface area contributed by atoms with Crippen molar-refractivity contribution >= 4 is 22.5 Å². The molecular weight excluding hydrogens is 199 g/mol. The van der Waals surface area contributed by atoms with E-state index in [-0.39, 0.29) is 11.0 Å². The van der Waals surface area contributed by atoms with Gasteiger partial charge in [-0.1, -0.05) is 0 Å². The van der Waals surface area contributed by atoms with Gasteiger partial charge >= 0.3 is 46.7 Å². The monoisotopic (exact) mass is 214 g/mol. The third-order valence-electron chi connectivity index (χ3n) is 0.707. The van der Waals surface area contributed by atoms with E-state index in [4.69, 9.17) is 0 Å². The summed E-state index contributed by atoms with van der Waals surface area (Å²) in [7, 11) is 0. The molecule has 0 aromatic carbocycles. The molecule has 0 aromatic rings. The average Bonchev–Trinajstić information content (AvgIpc) is 1.41. The van der Waals surface area contributed by atoms with Crippen LogP contribution in [0.4, 0.5) is 0 Å². The first kappa shape index (κ1) is 15.6. The van der Waals surface area contributed by atoms with Gasteiger partial charge in [0, 0.05) is 0 Å². The Bertz CT molecular complexity index is 17.2. The maximum absolute atomic E-state index is 2.25. The van der Waals surface area contributed by atoms with E-state index < -0.39 is 0 Å². The van der Waals surface area contributed by atoms with Crippen molar-refractivity contribution in [2.45, 2.75) is 24.2 Å². The Balaban J connectivity index is -0.0000000800. The van der Waals surface area contributed by atoms with E-state index in [1.165, 1.54) is 12.8 Å². The number of unbranched alkanes of at least 4 members (excludes halogenated alkanes) is 1. The van der Waals surface area contributed by atoms with Crippen LogP contribution in [0, 0.1) is 0 Å². The van der Waals surface area contributed by atoms with E-state index >= 15 is 0 Å². The molecule has 0 saturated carbocycles. The van der Waals surface area contributed by atoms with E-state index in [1.54, 1.807) is 4.44 Å². The first-order chi connectivity index (χ1) is 2.41. The van der Waals surface area contributed by atoms with E-state index in [9.17, 15) is 0 Å². The molecule has 0 aliphatic heterocycles. The van der Waals surface area contributed by atoms with Gasteiger partial charge in [0.2, 0.25) is 0 Å². The zero-order valence-electron chi connectivity index (χ0n) is 5.02. The van der Waals surface area contributed by atoms with Crippen LogP contribution in [0.1, 0.15) is 19.8 Å². The first-order valence-corrected chi connectivity index (χ1v) is 6.45. The maximum Gasteiger partial charge on any atom is -0.870 e. The predicted molar refractivity (Wildman–Crippen MR) is 33.5 cm³/mol. The van der Waals surface area contributed by atoms with Crippen LogP contribution in [0.2, 0.25) is 4.44 Å². The molecule has 0 amide bonds. The van der Waals surface area contributed by atoms with Crippen molar-refractivity contribution in [3.05, 3.63) is 0 Å². The quantitative estimate of drug-likeness (QED) is 0.615. The fourth-order valence-corrected chi connectivity index (χ4v) is 2.37. The molecule has 0 bridgehead atoms. The average molecular weight is 213 g/mol. The molecule has 0 fully saturated rings. The summed E-state index contributed by atoms with van der Waals surface area (Å²) >= 11 is 0.982. The summed E-state index contributed by atoms with van der Waals surface area (Å²) in [5.41, 5.74) is 0. The van der Waals surface area contributed by atoms with E-state index in [1.807, 2.05) is 0 Å². The van der Waals surface area contributed by atoms with Gasteiger partial charge in [0.25, 0.3) is 0 Å². The molecule has 7 heavy (non-hydrogen) atoms. The maximum atomic E-state index is 2.25. The van der Waals surface area contributed by atoms with Crippen LogP contribution >= 0.6 is 0 Å². The Morgan fingerprint density at radius 2 is 1.71 bits per heavy atom. The summed E-state index contributed by atoms with van der Waals surface area (Å²) in [6.07, 6.45) is 2.88. The Morgan fingerprint density at radius 3 is 1.71 bits per heavy atom. The van der Waals surface area contributed by atoms with Gasteiger partial charge in [-0.05, 0) is 0 Å². The number of hydrogen-bond acceptors (Lipinski definition) is 2. The molecule has 46 valence electrons. The van der Waals surface area contributed by atoms with E-state index in [0.717, 1.165) is 22.5 Å². The summed E-state index contributed by atoms with van der Waals surface area (Å²) in [5.74, 6) is 0. The molecule has 0 spiro atoms. The molecular formula is C4H14O2Sn. The van der Waals surface area contributed by atoms with Gasteiger partial charge < -0.3 is 11.0 Å². The number of rotatable bonds is 2. The molecule has 0 atom stereocenters. The molecule has 0 aliphatic rings. The molecule has 0 unspecified atom stereocenters. The van der Waals surface area contributed by atoms with Gasteiger partial charge in [-0.25, -0.2) is 0 Å². The van der Waals surface area contributed by atoms with Gasteiger partial charge in [0.1, 0.15) is 0 Å². The van der Waals surface area contributed by atoms with E-state index in [0.29, 0.717) is 0 Å². The van der Waals surface area contributed by atoms with Gasteiger partial charge in [0.15, 0.2) is 0 Å². The smallest absolute Gasteiger partial charge is 0.870 e. The van der Waals surface area contributed by atoms with Crippen molar-refractivity contribution in [3.63, 3.8) is 0 Å². The Kier molecular flexibility index (Phi) is 35.5. The minimum atomic E-state index is 0. The molecule has 2 radical (unpaired) electrons. The van der Waals surface area contributed by atoms with Crippen LogP contribution in [0.15, 0.2) is 0 Å². The molecule has 3 heteroatoms. The van der Waals surface area contributed by atoms with Gasteiger partial charge in [-0.3, -0.25) is 0 Å². The van der Waals surface area contributed by atoms with Crippen LogP contribution in [-0.2, 0) is 0 Å². The summed E-state index contributed by atoms with van der Waals surface area (Å²) in [5, 5.41) is 0. The van der Waals surface area contributed by atoms with Gasteiger partial charge in [-0.15, -0.1) is 0 Å². The zero-order chi connectivity index (χ0) is 4.12. The van der Waals surface area contributed by atoms with Crippen molar-refractivity contribution in [3.8, 4) is 0 Å². The van der Waals surface area contributed by atoms with Crippen LogP contribution in [0.5, 0.6) is 0 Å². The van der Waals surface area contributed by atoms with Crippen LogP contribution < -0.4 is 0 Å². The van der Waals surface area contributed by atoms with Crippen LogP contribution in [0.3, 0.4) is 0 Å². The van der Waals surface area contributed by atoms with Gasteiger partial charge in [-0.2, -0.15) is 0 Å². The van der Waals surface area contributed by atoms with Crippen molar-refractivity contribution in [1.82, 2.24) is 0 Å². The molecule has 0 rings (SSSR count). The molecule has 2 nitrogen and oxygen atoms in total. The normalized spacial score (nSPS) is 6.43. The molecule has 0 aliphatic carbocycles. The van der Waals surface area contributed by atoms with E-state index in [2.05, 4.69) is 6.92 Å². The fraction of sp³-hybridized carbons (Fsp3) is 1.00. The second-order valence-electron chi connectivity index (χ2n) is 1.35. The molecule has 0 aromatic heterocycles.